The third-order valence-electron chi connectivity index (χ3n) is 3.84. The van der Waals surface area contributed by atoms with Crippen molar-refractivity contribution in [2.24, 2.45) is 5.73 Å². The van der Waals surface area contributed by atoms with E-state index < -0.39 is 23.5 Å². The predicted octanol–water partition coefficient (Wildman–Crippen LogP) is 4.54. The number of nitriles is 1. The first-order valence-corrected chi connectivity index (χ1v) is 8.24. The zero-order chi connectivity index (χ0) is 19.1. The van der Waals surface area contributed by atoms with Gasteiger partial charge in [-0.25, -0.2) is 4.39 Å². The van der Waals surface area contributed by atoms with Gasteiger partial charge >= 0.3 is 5.51 Å². The van der Waals surface area contributed by atoms with E-state index in [0.717, 1.165) is 12.1 Å². The number of benzene rings is 2. The summed E-state index contributed by atoms with van der Waals surface area (Å²) in [4.78, 5) is -0.155. The van der Waals surface area contributed by atoms with Gasteiger partial charge in [-0.05, 0) is 42.4 Å². The van der Waals surface area contributed by atoms with Crippen LogP contribution in [0.5, 0.6) is 11.5 Å². The number of aliphatic hydroxyl groups is 1. The summed E-state index contributed by atoms with van der Waals surface area (Å²) in [6, 6.07) is 6.89. The molecule has 2 atom stereocenters. The van der Waals surface area contributed by atoms with E-state index in [-0.39, 0.29) is 51.3 Å². The molecule has 0 radical (unpaired) electrons. The number of nitrogens with zero attached hydrogens (tertiary/aromatic N) is 1. The van der Waals surface area contributed by atoms with Gasteiger partial charge in [0, 0.05) is 28.1 Å². The molecule has 0 bridgehead atoms. The monoisotopic (exact) mass is 384 g/mol. The molecule has 3 rings (SSSR count). The van der Waals surface area contributed by atoms with Crippen LogP contribution in [0.15, 0.2) is 35.2 Å². The number of hydrogen-bond donors (Lipinski definition) is 2. The van der Waals surface area contributed by atoms with Crippen molar-refractivity contribution in [2.75, 3.05) is 0 Å². The average molecular weight is 384 g/mol. The number of nitrogens with two attached hydrogens (primary N) is 1. The fraction of sp³-hybridized carbons (Fsp3) is 0.235. The Labute approximate surface area is 150 Å². The van der Waals surface area contributed by atoms with Crippen LogP contribution in [0, 0.1) is 17.1 Å². The van der Waals surface area contributed by atoms with Crippen LogP contribution in [-0.2, 0) is 0 Å². The molecule has 9 heteroatoms. The highest BCUT2D eigenvalue weighted by Gasteiger charge is 2.37. The zero-order valence-corrected chi connectivity index (χ0v) is 13.9. The highest BCUT2D eigenvalue weighted by molar-refractivity contribution is 8.00. The van der Waals surface area contributed by atoms with Gasteiger partial charge in [-0.2, -0.15) is 18.4 Å². The summed E-state index contributed by atoms with van der Waals surface area (Å²) in [5, 5.41) is 19.0. The van der Waals surface area contributed by atoms with Gasteiger partial charge in [0.05, 0.1) is 17.7 Å². The van der Waals surface area contributed by atoms with E-state index in [1.165, 1.54) is 18.2 Å². The molecule has 0 saturated heterocycles. The van der Waals surface area contributed by atoms with Gasteiger partial charge in [0.1, 0.15) is 17.3 Å². The minimum absolute atomic E-state index is 0.00793. The van der Waals surface area contributed by atoms with E-state index in [1.54, 1.807) is 6.07 Å². The molecule has 0 aromatic heterocycles. The molecule has 1 aliphatic rings. The second-order valence-corrected chi connectivity index (χ2v) is 6.79. The summed E-state index contributed by atoms with van der Waals surface area (Å²) >= 11 is -0.339. The molecule has 2 aromatic rings. The second kappa shape index (κ2) is 6.79. The Balaban J connectivity index is 2.05. The Kier molecular flexibility index (Phi) is 4.84. The van der Waals surface area contributed by atoms with Gasteiger partial charge in [-0.15, -0.1) is 0 Å². The zero-order valence-electron chi connectivity index (χ0n) is 13.0. The van der Waals surface area contributed by atoms with Crippen molar-refractivity contribution >= 4 is 11.8 Å². The summed E-state index contributed by atoms with van der Waals surface area (Å²) < 4.78 is 57.4. The molecule has 136 valence electrons. The van der Waals surface area contributed by atoms with E-state index >= 15 is 0 Å². The van der Waals surface area contributed by atoms with E-state index in [2.05, 4.69) is 0 Å². The van der Waals surface area contributed by atoms with E-state index in [0.29, 0.717) is 0 Å². The molecule has 0 fully saturated rings. The van der Waals surface area contributed by atoms with Gasteiger partial charge < -0.3 is 15.6 Å². The van der Waals surface area contributed by atoms with Crippen LogP contribution in [-0.4, -0.2) is 10.6 Å². The number of alkyl halides is 3. The van der Waals surface area contributed by atoms with Gasteiger partial charge in [0.15, 0.2) is 0 Å². The minimum Gasteiger partial charge on any atom is -0.457 e. The highest BCUT2D eigenvalue weighted by atomic mass is 32.2. The minimum atomic E-state index is -4.52. The van der Waals surface area contributed by atoms with Crippen LogP contribution in [0.25, 0.3) is 0 Å². The Bertz CT molecular complexity index is 896. The molecule has 0 aliphatic heterocycles. The maximum Gasteiger partial charge on any atom is 0.446 e. The normalized spacial score (nSPS) is 19.1. The molecule has 2 aromatic carbocycles. The summed E-state index contributed by atoms with van der Waals surface area (Å²) in [6.07, 6.45) is -1.11. The molecular weight excluding hydrogens is 372 g/mol. The Morgan fingerprint density at radius 1 is 1.23 bits per heavy atom. The van der Waals surface area contributed by atoms with Gasteiger partial charge in [-0.1, -0.05) is 0 Å². The summed E-state index contributed by atoms with van der Waals surface area (Å²) in [7, 11) is 0. The predicted molar refractivity (Wildman–Crippen MR) is 86.0 cm³/mol. The lowest BCUT2D eigenvalue weighted by Gasteiger charge is -2.17. The largest absolute Gasteiger partial charge is 0.457 e. The summed E-state index contributed by atoms with van der Waals surface area (Å²) in [6.45, 7) is 0. The molecule has 0 heterocycles. The lowest BCUT2D eigenvalue weighted by molar-refractivity contribution is -0.0328. The first kappa shape index (κ1) is 18.5. The molecular formula is C17H12F4N2O2S. The fourth-order valence-electron chi connectivity index (χ4n) is 2.91. The van der Waals surface area contributed by atoms with Crippen LogP contribution >= 0.6 is 11.8 Å². The van der Waals surface area contributed by atoms with Crippen molar-refractivity contribution < 1.29 is 27.4 Å². The number of thioether (sulfide) groups is 1. The first-order chi connectivity index (χ1) is 12.2. The first-order valence-electron chi connectivity index (χ1n) is 7.42. The van der Waals surface area contributed by atoms with Crippen LogP contribution in [0.4, 0.5) is 17.6 Å². The third kappa shape index (κ3) is 3.77. The van der Waals surface area contributed by atoms with Crippen molar-refractivity contribution in [1.29, 1.82) is 5.26 Å². The van der Waals surface area contributed by atoms with Crippen LogP contribution in [0.3, 0.4) is 0 Å². The maximum atomic E-state index is 13.6. The maximum absolute atomic E-state index is 13.6. The average Bonchev–Trinajstić information content (AvgIpc) is 2.83. The number of ether oxygens (including phenoxy) is 1. The number of aliphatic hydroxyl groups excluding tert-OH is 1. The number of hydrogen-bond acceptors (Lipinski definition) is 5. The fourth-order valence-corrected chi connectivity index (χ4v) is 3.66. The third-order valence-corrected chi connectivity index (χ3v) is 4.65. The van der Waals surface area contributed by atoms with E-state index in [1.807, 2.05) is 0 Å². The highest BCUT2D eigenvalue weighted by Crippen LogP contribution is 2.50. The molecule has 26 heavy (non-hydrogen) atoms. The Morgan fingerprint density at radius 3 is 2.62 bits per heavy atom. The lowest BCUT2D eigenvalue weighted by Crippen LogP contribution is -2.08. The molecule has 1 aliphatic carbocycles. The van der Waals surface area contributed by atoms with Gasteiger partial charge in [0.25, 0.3) is 0 Å². The Hall–Kier alpha value is -2.28. The molecule has 3 N–H and O–H groups in total. The van der Waals surface area contributed by atoms with E-state index in [9.17, 15) is 22.7 Å². The van der Waals surface area contributed by atoms with Gasteiger partial charge in [0.2, 0.25) is 0 Å². The van der Waals surface area contributed by atoms with Gasteiger partial charge in [-0.3, -0.25) is 0 Å². The number of halogens is 4. The van der Waals surface area contributed by atoms with E-state index in [4.69, 9.17) is 15.7 Å². The van der Waals surface area contributed by atoms with Crippen molar-refractivity contribution in [2.45, 2.75) is 29.0 Å². The topological polar surface area (TPSA) is 79.3 Å². The standard InChI is InChI=1S/C17H12F4N2O2S/c18-9-3-8(7-22)4-10(5-9)25-13-1-2-14(26-17(19,20)21)16-12(24)6-11(23)15(13)16/h1-5,11-12,24H,6,23H2. The molecule has 0 amide bonds. The van der Waals surface area contributed by atoms with Crippen molar-refractivity contribution in [3.8, 4) is 17.6 Å². The quantitative estimate of drug-likeness (QED) is 0.600. The summed E-state index contributed by atoms with van der Waals surface area (Å²) in [5.74, 6) is -0.567. The second-order valence-electron chi connectivity index (χ2n) is 5.68. The van der Waals surface area contributed by atoms with Crippen molar-refractivity contribution in [1.82, 2.24) is 0 Å². The number of rotatable bonds is 3. The number of fused-ring (bicyclic) bond motifs is 1. The van der Waals surface area contributed by atoms with Crippen molar-refractivity contribution in [3.05, 3.63) is 52.8 Å². The molecule has 4 nitrogen and oxygen atoms in total. The van der Waals surface area contributed by atoms with Crippen molar-refractivity contribution in [3.63, 3.8) is 0 Å². The lowest BCUT2D eigenvalue weighted by atomic mass is 10.1. The summed E-state index contributed by atoms with van der Waals surface area (Å²) in [5.41, 5.74) is 1.77. The van der Waals surface area contributed by atoms with Crippen LogP contribution < -0.4 is 10.5 Å². The Morgan fingerprint density at radius 2 is 1.96 bits per heavy atom. The molecule has 0 saturated carbocycles. The smallest absolute Gasteiger partial charge is 0.446 e. The SMILES string of the molecule is N#Cc1cc(F)cc(Oc2ccc(SC(F)(F)F)c3c2C(N)CC3O)c1. The van der Waals surface area contributed by atoms with Crippen LogP contribution in [0.2, 0.25) is 0 Å². The van der Waals surface area contributed by atoms with Crippen LogP contribution in [0.1, 0.15) is 35.3 Å². The molecule has 2 unspecified atom stereocenters. The molecule has 0 spiro atoms.